The summed E-state index contributed by atoms with van der Waals surface area (Å²) in [7, 11) is 0. The summed E-state index contributed by atoms with van der Waals surface area (Å²) in [6.45, 7) is 0.776. The first-order valence-corrected chi connectivity index (χ1v) is 23.6. The van der Waals surface area contributed by atoms with Gasteiger partial charge in [0.1, 0.15) is 11.6 Å². The molecule has 2 N–H and O–H groups in total. The topological polar surface area (TPSA) is 115 Å². The predicted octanol–water partition coefficient (Wildman–Crippen LogP) is 13.6. The SMILES string of the molecule is O=C(OCCCCCCCCCCOC(=O)c1ccc2c(c1)-c1ccccc1/C2=N\N(c1ccccc1)c1ccc[nH]1)c1ccc2c(c1)-c1ccccc1/C2=N\N(c1ccccc1)c1ccc[nH]1. The average molecular weight is 897 g/mol. The van der Waals surface area contributed by atoms with Crippen LogP contribution in [0.2, 0.25) is 0 Å². The van der Waals surface area contributed by atoms with E-state index in [1.807, 2.05) is 168 Å². The quantitative estimate of drug-likeness (QED) is 0.0474. The molecular formula is C58H52N6O4. The van der Waals surface area contributed by atoms with Gasteiger partial charge in [-0.05, 0) is 108 Å². The third kappa shape index (κ3) is 9.39. The summed E-state index contributed by atoms with van der Waals surface area (Å²) in [4.78, 5) is 33.1. The molecule has 0 radical (unpaired) electrons. The minimum atomic E-state index is -0.312. The highest BCUT2D eigenvalue weighted by Gasteiger charge is 2.29. The first kappa shape index (κ1) is 43.6. The van der Waals surface area contributed by atoms with Crippen molar-refractivity contribution in [3.8, 4) is 22.3 Å². The van der Waals surface area contributed by atoms with Gasteiger partial charge in [0.15, 0.2) is 0 Å². The van der Waals surface area contributed by atoms with Crippen molar-refractivity contribution in [2.75, 3.05) is 23.2 Å². The highest BCUT2D eigenvalue weighted by atomic mass is 16.5. The number of ether oxygens (including phenoxy) is 2. The van der Waals surface area contributed by atoms with Crippen molar-refractivity contribution in [2.45, 2.75) is 51.4 Å². The third-order valence-corrected chi connectivity index (χ3v) is 12.5. The lowest BCUT2D eigenvalue weighted by molar-refractivity contribution is 0.0487. The van der Waals surface area contributed by atoms with Gasteiger partial charge in [-0.15, -0.1) is 0 Å². The second-order valence-corrected chi connectivity index (χ2v) is 17.0. The molecule has 10 nitrogen and oxygen atoms in total. The second kappa shape index (κ2) is 20.5. The first-order chi connectivity index (χ1) is 33.6. The maximum absolute atomic E-state index is 13.2. The molecule has 2 aliphatic carbocycles. The smallest absolute Gasteiger partial charge is 0.338 e. The minimum absolute atomic E-state index is 0.312. The Kier molecular flexibility index (Phi) is 13.2. The van der Waals surface area contributed by atoms with Crippen LogP contribution in [0.25, 0.3) is 22.3 Å². The van der Waals surface area contributed by atoms with Gasteiger partial charge in [0, 0.05) is 34.6 Å². The zero-order chi connectivity index (χ0) is 46.1. The molecule has 10 heteroatoms. The molecule has 338 valence electrons. The van der Waals surface area contributed by atoms with Crippen LogP contribution in [-0.4, -0.2) is 46.5 Å². The Morgan fingerprint density at radius 3 is 1.15 bits per heavy atom. The van der Waals surface area contributed by atoms with Crippen LogP contribution in [0.15, 0.2) is 192 Å². The summed E-state index contributed by atoms with van der Waals surface area (Å²) in [6.07, 6.45) is 11.8. The highest BCUT2D eigenvalue weighted by molar-refractivity contribution is 6.26. The number of rotatable bonds is 19. The lowest BCUT2D eigenvalue weighted by Gasteiger charge is -2.19. The van der Waals surface area contributed by atoms with Crippen LogP contribution in [0.5, 0.6) is 0 Å². The average Bonchev–Trinajstić information content (AvgIpc) is 4.23. The van der Waals surface area contributed by atoms with Gasteiger partial charge in [0.2, 0.25) is 0 Å². The number of fused-ring (bicyclic) bond motifs is 6. The number of para-hydroxylation sites is 2. The zero-order valence-corrected chi connectivity index (χ0v) is 37.8. The monoisotopic (exact) mass is 896 g/mol. The molecule has 2 aromatic heterocycles. The Hall–Kier alpha value is -8.24. The van der Waals surface area contributed by atoms with E-state index in [0.717, 1.165) is 130 Å². The maximum atomic E-state index is 13.2. The highest BCUT2D eigenvalue weighted by Crippen LogP contribution is 2.41. The van der Waals surface area contributed by atoms with Crippen molar-refractivity contribution in [1.29, 1.82) is 0 Å². The van der Waals surface area contributed by atoms with Gasteiger partial charge in [0.25, 0.3) is 0 Å². The molecule has 0 fully saturated rings. The molecule has 0 saturated heterocycles. The molecule has 2 heterocycles. The fourth-order valence-electron chi connectivity index (χ4n) is 9.06. The summed E-state index contributed by atoms with van der Waals surface area (Å²) >= 11 is 0. The van der Waals surface area contributed by atoms with Gasteiger partial charge in [-0.2, -0.15) is 10.2 Å². The number of aromatic amines is 2. The van der Waals surface area contributed by atoms with Crippen molar-refractivity contribution in [2.24, 2.45) is 10.2 Å². The van der Waals surface area contributed by atoms with Crippen molar-refractivity contribution in [1.82, 2.24) is 9.97 Å². The van der Waals surface area contributed by atoms with E-state index < -0.39 is 0 Å². The molecule has 0 aliphatic heterocycles. The molecule has 6 aromatic carbocycles. The van der Waals surface area contributed by atoms with E-state index in [1.165, 1.54) is 0 Å². The van der Waals surface area contributed by atoms with Crippen LogP contribution < -0.4 is 10.0 Å². The zero-order valence-electron chi connectivity index (χ0n) is 37.8. The molecule has 68 heavy (non-hydrogen) atoms. The normalized spacial score (nSPS) is 13.2. The lowest BCUT2D eigenvalue weighted by atomic mass is 10.0. The third-order valence-electron chi connectivity index (χ3n) is 12.5. The molecule has 0 bridgehead atoms. The number of benzene rings is 6. The number of anilines is 4. The number of carbonyl (C=O) groups excluding carboxylic acids is 2. The number of carbonyl (C=O) groups is 2. The van der Waals surface area contributed by atoms with E-state index in [1.54, 1.807) is 0 Å². The van der Waals surface area contributed by atoms with E-state index in [0.29, 0.717) is 24.3 Å². The van der Waals surface area contributed by atoms with Crippen molar-refractivity contribution in [3.63, 3.8) is 0 Å². The van der Waals surface area contributed by atoms with E-state index in [4.69, 9.17) is 19.7 Å². The van der Waals surface area contributed by atoms with Crippen LogP contribution in [0.3, 0.4) is 0 Å². The van der Waals surface area contributed by atoms with E-state index >= 15 is 0 Å². The van der Waals surface area contributed by atoms with Crippen LogP contribution in [0.4, 0.5) is 23.0 Å². The van der Waals surface area contributed by atoms with Crippen LogP contribution in [0, 0.1) is 0 Å². The first-order valence-electron chi connectivity index (χ1n) is 23.6. The van der Waals surface area contributed by atoms with Crippen LogP contribution in [0.1, 0.15) is 94.3 Å². The van der Waals surface area contributed by atoms with Crippen molar-refractivity contribution < 1.29 is 19.1 Å². The Morgan fingerprint density at radius 1 is 0.382 bits per heavy atom. The number of aromatic nitrogens is 2. The Morgan fingerprint density at radius 2 is 0.750 bits per heavy atom. The van der Waals surface area contributed by atoms with Crippen molar-refractivity contribution >= 4 is 46.4 Å². The number of nitrogens with one attached hydrogen (secondary N) is 2. The molecule has 8 aromatic rings. The second-order valence-electron chi connectivity index (χ2n) is 17.0. The number of H-pyrrole nitrogens is 2. The Balaban J connectivity index is 0.657. The minimum Gasteiger partial charge on any atom is -0.462 e. The lowest BCUT2D eigenvalue weighted by Crippen LogP contribution is -2.14. The molecule has 10 rings (SSSR count). The largest absolute Gasteiger partial charge is 0.462 e. The predicted molar refractivity (Wildman–Crippen MR) is 271 cm³/mol. The van der Waals surface area contributed by atoms with Crippen LogP contribution >= 0.6 is 0 Å². The summed E-state index contributed by atoms with van der Waals surface area (Å²) in [5, 5.41) is 14.2. The number of hydrazone groups is 2. The van der Waals surface area contributed by atoms with Gasteiger partial charge >= 0.3 is 11.9 Å². The summed E-state index contributed by atoms with van der Waals surface area (Å²) in [5.74, 6) is 1.08. The van der Waals surface area contributed by atoms with Gasteiger partial charge in [-0.25, -0.2) is 19.6 Å². The molecule has 0 unspecified atom stereocenters. The van der Waals surface area contributed by atoms with Gasteiger partial charge in [-0.3, -0.25) is 0 Å². The number of unbranched alkanes of at least 4 members (excludes halogenated alkanes) is 7. The fourth-order valence-corrected chi connectivity index (χ4v) is 9.06. The fraction of sp³-hybridized carbons (Fsp3) is 0.172. The number of hydrogen-bond acceptors (Lipinski definition) is 8. The van der Waals surface area contributed by atoms with E-state index in [9.17, 15) is 9.59 Å². The molecule has 0 atom stereocenters. The maximum Gasteiger partial charge on any atom is 0.338 e. The molecule has 0 spiro atoms. The van der Waals surface area contributed by atoms with Gasteiger partial charge in [-0.1, -0.05) is 136 Å². The van der Waals surface area contributed by atoms with E-state index in [2.05, 4.69) is 34.2 Å². The summed E-state index contributed by atoms with van der Waals surface area (Å²) in [6, 6.07) is 55.9. The Labute approximate surface area is 396 Å². The number of nitrogens with zero attached hydrogens (tertiary/aromatic N) is 4. The molecule has 2 aliphatic rings. The molecule has 0 saturated carbocycles. The van der Waals surface area contributed by atoms with Gasteiger partial charge < -0.3 is 19.4 Å². The van der Waals surface area contributed by atoms with Gasteiger partial charge in [0.05, 0.1) is 47.1 Å². The summed E-state index contributed by atoms with van der Waals surface area (Å²) < 4.78 is 11.5. The van der Waals surface area contributed by atoms with E-state index in [-0.39, 0.29) is 11.9 Å². The standard InChI is InChI=1S/C58H52N6O4/c65-57(41-31-33-49-51(39-41)45-25-13-15-27-47(45)55(49)61-63(53-29-19-35-59-53)43-21-9-7-10-22-43)67-37-17-5-3-1-2-4-6-18-38-68-58(66)42-32-34-50-52(40-42)46-26-14-16-28-48(46)56(50)62-64(54-30-20-36-60-54)44-23-11-8-12-24-44/h7-16,19-36,39-40,59-60H,1-6,17-18,37-38H2/b61-55+,62-56+. The number of hydrogen-bond donors (Lipinski definition) is 2. The summed E-state index contributed by atoms with van der Waals surface area (Å²) in [5.41, 5.74) is 12.6. The molecule has 0 amide bonds. The molecular weight excluding hydrogens is 845 g/mol. The Bertz CT molecular complexity index is 2860. The van der Waals surface area contributed by atoms with Crippen molar-refractivity contribution in [3.05, 3.63) is 216 Å². The van der Waals surface area contributed by atoms with Crippen LogP contribution in [-0.2, 0) is 9.47 Å². The number of esters is 2.